The largest absolute Gasteiger partial charge is 0.383 e. The van der Waals surface area contributed by atoms with Crippen LogP contribution >= 0.6 is 11.3 Å². The summed E-state index contributed by atoms with van der Waals surface area (Å²) >= 11 is 1.18. The lowest BCUT2D eigenvalue weighted by molar-refractivity contribution is 0.0997. The summed E-state index contributed by atoms with van der Waals surface area (Å²) in [5.41, 5.74) is 0.876. The normalized spacial score (nSPS) is 13.2. The Labute approximate surface area is 191 Å². The molecule has 0 saturated carbocycles. The minimum absolute atomic E-state index is 0.0648. The van der Waals surface area contributed by atoms with Gasteiger partial charge in [0.05, 0.1) is 31.9 Å². The number of hydrogen-bond donors (Lipinski definition) is 0. The maximum absolute atomic E-state index is 12.9. The van der Waals surface area contributed by atoms with Crippen molar-refractivity contribution in [2.75, 3.05) is 20.0 Å². The fraction of sp³-hybridized carbons (Fsp3) is 0.333. The smallest absolute Gasteiger partial charge is 0.279 e. The first-order valence-corrected chi connectivity index (χ1v) is 14.0. The number of nitrogens with zero attached hydrogens (tertiary/aromatic N) is 2. The molecule has 0 N–H and O–H groups in total. The quantitative estimate of drug-likeness (QED) is 0.497. The van der Waals surface area contributed by atoms with Gasteiger partial charge in [-0.15, -0.1) is 0 Å². The topological polar surface area (TPSA) is 112 Å². The summed E-state index contributed by atoms with van der Waals surface area (Å²) in [5.74, 6) is -0.591. The first-order valence-electron chi connectivity index (χ1n) is 9.70. The number of carbonyl (C=O) groups excluding carboxylic acids is 1. The molecule has 172 valence electrons. The van der Waals surface area contributed by atoms with Crippen LogP contribution in [0.2, 0.25) is 0 Å². The third-order valence-corrected chi connectivity index (χ3v) is 9.13. The van der Waals surface area contributed by atoms with Crippen molar-refractivity contribution < 1.29 is 26.4 Å². The van der Waals surface area contributed by atoms with Crippen molar-refractivity contribution in [1.29, 1.82) is 0 Å². The van der Waals surface area contributed by atoms with Crippen LogP contribution in [0.25, 0.3) is 10.2 Å². The molecule has 1 amide bonds. The van der Waals surface area contributed by atoms with Gasteiger partial charge in [0, 0.05) is 25.5 Å². The summed E-state index contributed by atoms with van der Waals surface area (Å²) in [6.45, 7) is 3.93. The van der Waals surface area contributed by atoms with Crippen LogP contribution in [0.3, 0.4) is 0 Å². The lowest BCUT2D eigenvalue weighted by Gasteiger charge is -2.08. The Morgan fingerprint density at radius 1 is 1.09 bits per heavy atom. The summed E-state index contributed by atoms with van der Waals surface area (Å²) in [6, 6.07) is 10.6. The molecule has 0 unspecified atom stereocenters. The molecule has 1 heterocycles. The van der Waals surface area contributed by atoms with E-state index in [1.165, 1.54) is 41.7 Å². The maximum atomic E-state index is 12.9. The third-order valence-electron chi connectivity index (χ3n) is 4.83. The van der Waals surface area contributed by atoms with Gasteiger partial charge in [-0.2, -0.15) is 4.99 Å². The monoisotopic (exact) mass is 496 g/mol. The Bertz CT molecular complexity index is 1450. The first kappa shape index (κ1) is 24.3. The fourth-order valence-electron chi connectivity index (χ4n) is 3.00. The maximum Gasteiger partial charge on any atom is 0.279 e. The van der Waals surface area contributed by atoms with Crippen molar-refractivity contribution in [1.82, 2.24) is 4.57 Å². The molecule has 11 heteroatoms. The van der Waals surface area contributed by atoms with Gasteiger partial charge in [-0.1, -0.05) is 17.4 Å². The molecule has 0 saturated heterocycles. The number of aromatic nitrogens is 1. The molecule has 0 aliphatic rings. The van der Waals surface area contributed by atoms with Gasteiger partial charge < -0.3 is 9.30 Å². The number of ether oxygens (including phenoxy) is 1. The molecule has 0 aliphatic heterocycles. The highest BCUT2D eigenvalue weighted by Crippen LogP contribution is 2.22. The lowest BCUT2D eigenvalue weighted by atomic mass is 10.2. The van der Waals surface area contributed by atoms with E-state index in [2.05, 4.69) is 4.99 Å². The second-order valence-electron chi connectivity index (χ2n) is 7.47. The summed E-state index contributed by atoms with van der Waals surface area (Å²) in [5, 5.41) is -0.618. The third kappa shape index (κ3) is 5.01. The Kier molecular flexibility index (Phi) is 7.03. The molecular weight excluding hydrogens is 472 g/mol. The first-order chi connectivity index (χ1) is 14.9. The molecule has 3 rings (SSSR count). The number of carbonyl (C=O) groups is 1. The van der Waals surface area contributed by atoms with Crippen molar-refractivity contribution in [2.45, 2.75) is 35.4 Å². The van der Waals surface area contributed by atoms with Gasteiger partial charge in [0.25, 0.3) is 5.91 Å². The van der Waals surface area contributed by atoms with Crippen molar-refractivity contribution in [3.05, 3.63) is 52.8 Å². The lowest BCUT2D eigenvalue weighted by Crippen LogP contribution is -2.19. The van der Waals surface area contributed by atoms with Crippen molar-refractivity contribution in [2.24, 2.45) is 4.99 Å². The van der Waals surface area contributed by atoms with Gasteiger partial charge >= 0.3 is 0 Å². The predicted octanol–water partition coefficient (Wildman–Crippen LogP) is 2.68. The Hall–Kier alpha value is -2.34. The molecule has 0 atom stereocenters. The highest BCUT2D eigenvalue weighted by Gasteiger charge is 2.20. The Balaban J connectivity index is 2.13. The zero-order chi connectivity index (χ0) is 23.7. The molecule has 1 aromatic heterocycles. The van der Waals surface area contributed by atoms with E-state index >= 15 is 0 Å². The van der Waals surface area contributed by atoms with E-state index in [-0.39, 0.29) is 15.4 Å². The van der Waals surface area contributed by atoms with E-state index in [0.717, 1.165) is 11.8 Å². The van der Waals surface area contributed by atoms with E-state index in [9.17, 15) is 21.6 Å². The van der Waals surface area contributed by atoms with E-state index in [0.29, 0.717) is 22.7 Å². The summed E-state index contributed by atoms with van der Waals surface area (Å²) in [4.78, 5) is 17.7. The van der Waals surface area contributed by atoms with E-state index in [4.69, 9.17) is 4.74 Å². The van der Waals surface area contributed by atoms with Crippen LogP contribution in [0, 0.1) is 0 Å². The molecule has 3 aromatic rings. The molecule has 0 aliphatic carbocycles. The highest BCUT2D eigenvalue weighted by atomic mass is 32.2. The average molecular weight is 497 g/mol. The zero-order valence-corrected chi connectivity index (χ0v) is 20.6. The van der Waals surface area contributed by atoms with Gasteiger partial charge in [0.2, 0.25) is 0 Å². The molecular formula is C21H24N2O6S3. The van der Waals surface area contributed by atoms with E-state index in [1.54, 1.807) is 37.7 Å². The molecule has 8 nitrogen and oxygen atoms in total. The van der Waals surface area contributed by atoms with Crippen LogP contribution in [-0.4, -0.2) is 52.5 Å². The minimum atomic E-state index is -3.54. The molecule has 2 aromatic carbocycles. The summed E-state index contributed by atoms with van der Waals surface area (Å²) in [7, 11) is -5.37. The predicted molar refractivity (Wildman–Crippen MR) is 123 cm³/mol. The van der Waals surface area contributed by atoms with Crippen molar-refractivity contribution in [3.63, 3.8) is 0 Å². The fourth-order valence-corrected chi connectivity index (χ4v) is 5.92. The van der Waals surface area contributed by atoms with Gasteiger partial charge in [0.15, 0.2) is 24.5 Å². The van der Waals surface area contributed by atoms with Gasteiger partial charge in [-0.3, -0.25) is 4.79 Å². The molecule has 0 radical (unpaired) electrons. The number of hydrogen-bond acceptors (Lipinski definition) is 7. The number of methoxy groups -OCH3 is 1. The number of benzene rings is 2. The van der Waals surface area contributed by atoms with Gasteiger partial charge in [-0.05, 0) is 50.2 Å². The second kappa shape index (κ2) is 9.26. The number of thiazole rings is 1. The Morgan fingerprint density at radius 2 is 1.81 bits per heavy atom. The van der Waals surface area contributed by atoms with Crippen LogP contribution in [0.15, 0.2) is 57.2 Å². The van der Waals surface area contributed by atoms with Gasteiger partial charge in [0.1, 0.15) is 0 Å². The van der Waals surface area contributed by atoms with Gasteiger partial charge in [-0.25, -0.2) is 16.8 Å². The molecule has 0 bridgehead atoms. The Morgan fingerprint density at radius 3 is 2.44 bits per heavy atom. The SMILES string of the molecule is COCCn1c(=NC(=O)c2cccc(S(=O)(=O)C(C)C)c2)sc2cc(S(C)(=O)=O)ccc21. The van der Waals surface area contributed by atoms with E-state index < -0.39 is 30.8 Å². The van der Waals surface area contributed by atoms with Crippen LogP contribution in [-0.2, 0) is 31.0 Å². The number of sulfone groups is 2. The number of fused-ring (bicyclic) bond motifs is 1. The minimum Gasteiger partial charge on any atom is -0.383 e. The van der Waals surface area contributed by atoms with Crippen molar-refractivity contribution in [3.8, 4) is 0 Å². The molecule has 0 spiro atoms. The van der Waals surface area contributed by atoms with Crippen LogP contribution in [0.4, 0.5) is 0 Å². The van der Waals surface area contributed by atoms with Crippen LogP contribution in [0.5, 0.6) is 0 Å². The number of amides is 1. The average Bonchev–Trinajstić information content (AvgIpc) is 3.07. The standard InChI is InChI=1S/C21H24N2O6S3/c1-14(2)32(27,28)17-7-5-6-15(12-17)20(24)22-21-23(10-11-29-3)18-9-8-16(31(4,25)26)13-19(18)30-21/h5-9,12-14H,10-11H2,1-4H3. The summed E-state index contributed by atoms with van der Waals surface area (Å²) < 4.78 is 56.3. The van der Waals surface area contributed by atoms with Crippen molar-refractivity contribution >= 4 is 47.1 Å². The second-order valence-corrected chi connectivity index (χ2v) is 13.0. The van der Waals surface area contributed by atoms with E-state index in [1.807, 2.05) is 0 Å². The number of rotatable bonds is 7. The summed E-state index contributed by atoms with van der Waals surface area (Å²) in [6.07, 6.45) is 1.13. The molecule has 32 heavy (non-hydrogen) atoms. The van der Waals surface area contributed by atoms with Crippen LogP contribution < -0.4 is 4.80 Å². The zero-order valence-electron chi connectivity index (χ0n) is 18.1. The molecule has 0 fully saturated rings. The van der Waals surface area contributed by atoms with Crippen LogP contribution in [0.1, 0.15) is 24.2 Å². The highest BCUT2D eigenvalue weighted by molar-refractivity contribution is 7.92.